The van der Waals surface area contributed by atoms with Gasteiger partial charge in [-0.1, -0.05) is 23.7 Å². The van der Waals surface area contributed by atoms with Gasteiger partial charge in [0.15, 0.2) is 12.4 Å². The average molecular weight is 492 g/mol. The van der Waals surface area contributed by atoms with E-state index < -0.39 is 35.1 Å². The predicted molar refractivity (Wildman–Crippen MR) is 121 cm³/mol. The number of nitrogens with zero attached hydrogens (tertiary/aromatic N) is 2. The second-order valence-corrected chi connectivity index (χ2v) is 9.13. The smallest absolute Gasteiger partial charge is 0.321 e. The minimum atomic E-state index is -4.02. The highest BCUT2D eigenvalue weighted by Crippen LogP contribution is 2.23. The maximum absolute atomic E-state index is 12.6. The van der Waals surface area contributed by atoms with Gasteiger partial charge in [0.05, 0.1) is 17.4 Å². The number of amides is 1. The summed E-state index contributed by atoms with van der Waals surface area (Å²) in [5.74, 6) is -1.75. The number of aryl methyl sites for hydroxylation is 1. The van der Waals surface area contributed by atoms with Crippen molar-refractivity contribution in [2.75, 3.05) is 24.6 Å². The Morgan fingerprint density at radius 3 is 2.39 bits per heavy atom. The topological polar surface area (TPSA) is 134 Å². The molecule has 0 fully saturated rings. The molecular formula is C22H22ClN3O6S. The summed E-state index contributed by atoms with van der Waals surface area (Å²) in [5.41, 5.74) is 1.57. The number of sulfonamides is 1. The quantitative estimate of drug-likeness (QED) is 0.398. The van der Waals surface area contributed by atoms with Crippen LogP contribution >= 0.6 is 11.6 Å². The second kappa shape index (κ2) is 11.6. The number of nitrogens with one attached hydrogen (secondary N) is 1. The molecule has 0 heterocycles. The molecule has 0 aromatic heterocycles. The molecule has 0 saturated heterocycles. The number of ketones is 1. The summed E-state index contributed by atoms with van der Waals surface area (Å²) < 4.78 is 31.6. The first-order valence-electron chi connectivity index (χ1n) is 9.75. The molecule has 0 unspecified atom stereocenters. The predicted octanol–water partition coefficient (Wildman–Crippen LogP) is 2.62. The number of nitriles is 1. The van der Waals surface area contributed by atoms with E-state index in [0.29, 0.717) is 16.3 Å². The van der Waals surface area contributed by atoms with Gasteiger partial charge < -0.3 is 9.64 Å². The molecule has 2 aromatic carbocycles. The van der Waals surface area contributed by atoms with E-state index in [1.807, 2.05) is 6.07 Å². The minimum absolute atomic E-state index is 0.0591. The van der Waals surface area contributed by atoms with E-state index >= 15 is 0 Å². The number of anilines is 1. The summed E-state index contributed by atoms with van der Waals surface area (Å²) in [5, 5.41) is 9.38. The lowest BCUT2D eigenvalue weighted by Gasteiger charge is -2.22. The molecule has 33 heavy (non-hydrogen) atoms. The Balaban J connectivity index is 1.97. The molecule has 0 atom stereocenters. The maximum Gasteiger partial charge on any atom is 0.321 e. The van der Waals surface area contributed by atoms with Crippen molar-refractivity contribution >= 4 is 45.0 Å². The Hall–Kier alpha value is -3.26. The zero-order chi connectivity index (χ0) is 24.6. The number of carbonyl (C=O) groups excluding carboxylic acids is 3. The summed E-state index contributed by atoms with van der Waals surface area (Å²) >= 11 is 6.01. The van der Waals surface area contributed by atoms with Gasteiger partial charge in [0.2, 0.25) is 10.0 Å². The van der Waals surface area contributed by atoms with Gasteiger partial charge >= 0.3 is 5.97 Å². The number of ether oxygens (including phenoxy) is 1. The van der Waals surface area contributed by atoms with Crippen LogP contribution in [-0.4, -0.2) is 45.8 Å². The molecule has 174 valence electrons. The SMILES string of the molecule is CC(=O)c1ccc(S(=O)(=O)NCC(=O)OCC(=O)N(CCC#N)c2ccc(Cl)c(C)c2)cc1. The van der Waals surface area contributed by atoms with Crippen molar-refractivity contribution in [3.63, 3.8) is 0 Å². The Labute approximate surface area is 197 Å². The Morgan fingerprint density at radius 1 is 1.15 bits per heavy atom. The Kier molecular flexibility index (Phi) is 9.11. The molecule has 0 radical (unpaired) electrons. The van der Waals surface area contributed by atoms with Crippen molar-refractivity contribution in [3.05, 3.63) is 58.6 Å². The summed E-state index contributed by atoms with van der Waals surface area (Å²) in [7, 11) is -4.02. The van der Waals surface area contributed by atoms with E-state index in [0.717, 1.165) is 5.56 Å². The molecule has 0 aliphatic carbocycles. The number of rotatable bonds is 10. The van der Waals surface area contributed by atoms with E-state index in [4.69, 9.17) is 21.6 Å². The standard InChI is InChI=1S/C22H22ClN3O6S/c1-15-12-18(6-9-20(15)23)26(11-3-10-24)21(28)14-32-22(29)13-25-33(30,31)19-7-4-17(5-8-19)16(2)27/h4-9,12,25H,3,11,13-14H2,1-2H3. The summed E-state index contributed by atoms with van der Waals surface area (Å²) in [6, 6.07) is 12.1. The van der Waals surface area contributed by atoms with Gasteiger partial charge in [-0.2, -0.15) is 9.98 Å². The van der Waals surface area contributed by atoms with Gasteiger partial charge in [0.25, 0.3) is 5.91 Å². The third-order valence-corrected chi connectivity index (χ3v) is 6.38. The van der Waals surface area contributed by atoms with Crippen molar-refractivity contribution in [1.82, 2.24) is 4.72 Å². The lowest BCUT2D eigenvalue weighted by molar-refractivity contribution is -0.146. The van der Waals surface area contributed by atoms with Gasteiger partial charge in [-0.3, -0.25) is 14.4 Å². The van der Waals surface area contributed by atoms with Crippen LogP contribution in [0.3, 0.4) is 0 Å². The van der Waals surface area contributed by atoms with E-state index in [1.165, 1.54) is 36.1 Å². The van der Waals surface area contributed by atoms with Crippen LogP contribution in [0.2, 0.25) is 5.02 Å². The molecule has 0 aliphatic heterocycles. The largest absolute Gasteiger partial charge is 0.455 e. The molecule has 1 N–H and O–H groups in total. The Morgan fingerprint density at radius 2 is 1.82 bits per heavy atom. The molecule has 0 aliphatic rings. The van der Waals surface area contributed by atoms with E-state index in [-0.39, 0.29) is 23.6 Å². The maximum atomic E-state index is 12.6. The lowest BCUT2D eigenvalue weighted by Crippen LogP contribution is -2.37. The molecule has 2 aromatic rings. The van der Waals surface area contributed by atoms with Crippen molar-refractivity contribution < 1.29 is 27.5 Å². The van der Waals surface area contributed by atoms with Crippen LogP contribution in [0.4, 0.5) is 5.69 Å². The number of Topliss-reactive ketones (excluding diaryl/α,β-unsaturated/α-hetero) is 1. The van der Waals surface area contributed by atoms with Crippen LogP contribution in [0.1, 0.15) is 29.3 Å². The van der Waals surface area contributed by atoms with Crippen LogP contribution < -0.4 is 9.62 Å². The van der Waals surface area contributed by atoms with Gasteiger partial charge in [0, 0.05) is 22.8 Å². The molecular weight excluding hydrogens is 470 g/mol. The number of benzene rings is 2. The van der Waals surface area contributed by atoms with Gasteiger partial charge in [0.1, 0.15) is 6.54 Å². The number of esters is 1. The number of halogens is 1. The zero-order valence-corrected chi connectivity index (χ0v) is 19.6. The van der Waals surface area contributed by atoms with E-state index in [9.17, 15) is 22.8 Å². The third kappa shape index (κ3) is 7.39. The second-order valence-electron chi connectivity index (χ2n) is 6.95. The number of carbonyl (C=O) groups is 3. The molecule has 2 rings (SSSR count). The van der Waals surface area contributed by atoms with E-state index in [1.54, 1.807) is 25.1 Å². The summed E-state index contributed by atoms with van der Waals surface area (Å²) in [6.45, 7) is 1.87. The summed E-state index contributed by atoms with van der Waals surface area (Å²) in [4.78, 5) is 37.1. The first-order chi connectivity index (χ1) is 15.5. The van der Waals surface area contributed by atoms with Crippen molar-refractivity contribution in [2.24, 2.45) is 0 Å². The molecule has 0 bridgehead atoms. The third-order valence-electron chi connectivity index (χ3n) is 4.54. The minimum Gasteiger partial charge on any atom is -0.455 e. The molecule has 0 saturated carbocycles. The summed E-state index contributed by atoms with van der Waals surface area (Å²) in [6.07, 6.45) is 0.0591. The Bertz CT molecular complexity index is 1190. The van der Waals surface area contributed by atoms with Crippen molar-refractivity contribution in [1.29, 1.82) is 5.26 Å². The van der Waals surface area contributed by atoms with Crippen LogP contribution in [0.25, 0.3) is 0 Å². The molecule has 1 amide bonds. The normalized spacial score (nSPS) is 10.8. The van der Waals surface area contributed by atoms with E-state index in [2.05, 4.69) is 4.72 Å². The molecule has 9 nitrogen and oxygen atoms in total. The highest BCUT2D eigenvalue weighted by molar-refractivity contribution is 7.89. The average Bonchev–Trinajstić information content (AvgIpc) is 2.78. The fraction of sp³-hybridized carbons (Fsp3) is 0.273. The van der Waals surface area contributed by atoms with Crippen molar-refractivity contribution in [2.45, 2.75) is 25.2 Å². The molecule has 11 heteroatoms. The monoisotopic (exact) mass is 491 g/mol. The number of hydrogen-bond donors (Lipinski definition) is 1. The fourth-order valence-electron chi connectivity index (χ4n) is 2.73. The van der Waals surface area contributed by atoms with Crippen LogP contribution in [0, 0.1) is 18.3 Å². The zero-order valence-electron chi connectivity index (χ0n) is 18.0. The molecule has 0 spiro atoms. The van der Waals surface area contributed by atoms with Crippen LogP contribution in [-0.2, 0) is 24.3 Å². The van der Waals surface area contributed by atoms with Crippen LogP contribution in [0.15, 0.2) is 47.4 Å². The first kappa shape index (κ1) is 26.0. The lowest BCUT2D eigenvalue weighted by atomic mass is 10.2. The van der Waals surface area contributed by atoms with Gasteiger partial charge in [-0.05, 0) is 49.7 Å². The highest BCUT2D eigenvalue weighted by atomic mass is 35.5. The van der Waals surface area contributed by atoms with Crippen molar-refractivity contribution in [3.8, 4) is 6.07 Å². The highest BCUT2D eigenvalue weighted by Gasteiger charge is 2.20. The van der Waals surface area contributed by atoms with Gasteiger partial charge in [-0.25, -0.2) is 8.42 Å². The number of hydrogen-bond acceptors (Lipinski definition) is 7. The fourth-order valence-corrected chi connectivity index (χ4v) is 3.82. The van der Waals surface area contributed by atoms with Crippen LogP contribution in [0.5, 0.6) is 0 Å². The first-order valence-corrected chi connectivity index (χ1v) is 11.6. The van der Waals surface area contributed by atoms with Gasteiger partial charge in [-0.15, -0.1) is 0 Å².